The molecule has 0 amide bonds. The third-order valence-electron chi connectivity index (χ3n) is 20.2. The van der Waals surface area contributed by atoms with Crippen LogP contribution in [-0.2, 0) is 33.6 Å². The first-order chi connectivity index (χ1) is 51.7. The third-order valence-corrected chi connectivity index (χ3v) is 21.2. The van der Waals surface area contributed by atoms with Crippen molar-refractivity contribution in [2.24, 2.45) is 34.0 Å². The van der Waals surface area contributed by atoms with E-state index in [4.69, 9.17) is 49.0 Å². The molecule has 582 valence electrons. The fourth-order valence-electron chi connectivity index (χ4n) is 11.9. The van der Waals surface area contributed by atoms with E-state index in [9.17, 15) is 59.5 Å². The van der Waals surface area contributed by atoms with Crippen molar-refractivity contribution in [1.29, 1.82) is 0 Å². The molecular weight excluding hydrogens is 1490 g/mol. The predicted molar refractivity (Wildman–Crippen MR) is 408 cm³/mol. The molecule has 0 saturated heterocycles. The summed E-state index contributed by atoms with van der Waals surface area (Å²) in [7, 11) is 0. The number of carbonyl (C=O) groups excluding carboxylic acids is 3. The first-order valence-electron chi connectivity index (χ1n) is 36.2. The predicted octanol–water partition coefficient (Wildman–Crippen LogP) is 19.1. The Balaban J connectivity index is 0.000000176. The van der Waals surface area contributed by atoms with E-state index in [1.54, 1.807) is 115 Å². The van der Waals surface area contributed by atoms with Gasteiger partial charge in [0.15, 0.2) is 17.5 Å². The number of ether oxygens (including phenoxy) is 3. The summed E-state index contributed by atoms with van der Waals surface area (Å²) in [6, 6.07) is 36.4. The van der Waals surface area contributed by atoms with Crippen LogP contribution in [0.4, 0.5) is 30.7 Å². The molecule has 9 aromatic rings. The minimum atomic E-state index is -4.63. The van der Waals surface area contributed by atoms with Gasteiger partial charge in [-0.05, 0) is 243 Å². The molecule has 110 heavy (non-hydrogen) atoms. The zero-order chi connectivity index (χ0) is 80.0. The number of nitrogens with zero attached hydrogens (tertiary/aromatic N) is 6. The number of alkyl halides is 7. The summed E-state index contributed by atoms with van der Waals surface area (Å²) in [4.78, 5) is 108. The largest absolute Gasteiger partial charge is 0.493 e. The quantitative estimate of drug-likeness (QED) is 0.0368. The maximum Gasteiger partial charge on any atom is 0.400 e. The van der Waals surface area contributed by atoms with Gasteiger partial charge in [-0.2, -0.15) is 28.1 Å². The summed E-state index contributed by atoms with van der Waals surface area (Å²) >= 11 is 19.2. The smallest absolute Gasteiger partial charge is 0.400 e. The van der Waals surface area contributed by atoms with E-state index in [0.29, 0.717) is 90.4 Å². The normalized spacial score (nSPS) is 14.8. The lowest BCUT2D eigenvalue weighted by atomic mass is 9.80. The maximum atomic E-state index is 13.9. The van der Waals surface area contributed by atoms with Crippen molar-refractivity contribution in [3.63, 3.8) is 0 Å². The molecule has 3 fully saturated rings. The third kappa shape index (κ3) is 21.0. The molecule has 0 bridgehead atoms. The number of rotatable bonds is 29. The van der Waals surface area contributed by atoms with E-state index in [2.05, 4.69) is 65.6 Å². The first kappa shape index (κ1) is 83.0. The standard InChI is InChI=1S/C28H30ClF2N3O3.C27H27ClF3N3O3.C27H28ClF2N3O3/c1-16(18-7-8-18)37-20-11-9-19(10-12-20)24-32-25(34-26(36)33-24)21-15-17(5-13-22(21)29)6-14-23(35)27(2,3)28(4,30)31;1-15(17-6-7-17)37-19-10-8-18(9-11-19)23-32-24(34-25(36)33-23)20-14-16(4-12-21(20)28)5-13-22(35)26(2,3)27(29,30)31;1-16(2)15-36-19-8-6-18(7-9-19)23-31-24(33-25(35)32-23)20-14-17(4-10-21(20)28)5-11-22(34)27(12-13-27)26(3,29)30/h5,9-13,15-16,18H,6-8,14H2,1-4H3,(H,32,33,34,36);4,8-12,14-15,17H,5-7,13H2,1-3H3,(H,32,33,34,36);4,6-10,14,16H,5,11-13,15H2,1-3H3,(H,31,32,33,35)/t16-;15-;/m01./s1. The van der Waals surface area contributed by atoms with Gasteiger partial charge in [0.2, 0.25) is 0 Å². The zero-order valence-corrected chi connectivity index (χ0v) is 64.6. The summed E-state index contributed by atoms with van der Waals surface area (Å²) in [5.74, 6) is -3.04. The second kappa shape index (κ2) is 34.0. The van der Waals surface area contributed by atoms with Crippen molar-refractivity contribution >= 4 is 52.2 Å². The summed E-state index contributed by atoms with van der Waals surface area (Å²) in [5, 5.41) is 0.971. The molecule has 0 aliphatic heterocycles. The topological polar surface area (TPSA) is 255 Å². The van der Waals surface area contributed by atoms with Crippen LogP contribution < -0.4 is 31.3 Å². The molecule has 0 spiro atoms. The van der Waals surface area contributed by atoms with Gasteiger partial charge < -0.3 is 14.2 Å². The van der Waals surface area contributed by atoms with Crippen LogP contribution >= 0.6 is 34.8 Å². The highest BCUT2D eigenvalue weighted by Crippen LogP contribution is 2.58. The van der Waals surface area contributed by atoms with Crippen LogP contribution in [0.1, 0.15) is 144 Å². The molecule has 3 N–H and O–H groups in total. The van der Waals surface area contributed by atoms with Crippen molar-refractivity contribution in [3.8, 4) is 85.6 Å². The van der Waals surface area contributed by atoms with Crippen LogP contribution in [0, 0.1) is 34.0 Å². The molecule has 3 aliphatic carbocycles. The number of H-pyrrole nitrogens is 3. The van der Waals surface area contributed by atoms with E-state index < -0.39 is 68.7 Å². The van der Waals surface area contributed by atoms with Gasteiger partial charge in [0.25, 0.3) is 11.8 Å². The van der Waals surface area contributed by atoms with Crippen molar-refractivity contribution in [3.05, 3.63) is 191 Å². The summed E-state index contributed by atoms with van der Waals surface area (Å²) in [6.07, 6.45) is 1.07. The van der Waals surface area contributed by atoms with Crippen LogP contribution in [-0.4, -0.2) is 99.0 Å². The molecule has 3 heterocycles. The number of hydrogen-bond donors (Lipinski definition) is 3. The Morgan fingerprint density at radius 2 is 0.791 bits per heavy atom. The lowest BCUT2D eigenvalue weighted by molar-refractivity contribution is -0.210. The molecule has 12 rings (SSSR count). The van der Waals surface area contributed by atoms with Crippen LogP contribution in [0.3, 0.4) is 0 Å². The maximum absolute atomic E-state index is 13.9. The van der Waals surface area contributed by atoms with Gasteiger partial charge in [-0.3, -0.25) is 29.3 Å². The van der Waals surface area contributed by atoms with Gasteiger partial charge in [0.1, 0.15) is 57.5 Å². The van der Waals surface area contributed by atoms with E-state index in [1.807, 2.05) is 19.1 Å². The molecule has 3 saturated carbocycles. The van der Waals surface area contributed by atoms with Gasteiger partial charge in [-0.1, -0.05) is 66.8 Å². The summed E-state index contributed by atoms with van der Waals surface area (Å²) in [5.41, 5.74) is -2.38. The number of Topliss-reactive ketones (excluding diaryl/α,β-unsaturated/α-hetero) is 3. The number of carbonyl (C=O) groups is 3. The Labute approximate surface area is 646 Å². The minimum Gasteiger partial charge on any atom is -0.493 e. The fourth-order valence-corrected chi connectivity index (χ4v) is 12.5. The number of hydrogen-bond acceptors (Lipinski definition) is 15. The second-order valence-corrected chi connectivity index (χ2v) is 31.1. The molecule has 28 heteroatoms. The van der Waals surface area contributed by atoms with Crippen molar-refractivity contribution in [2.75, 3.05) is 6.61 Å². The van der Waals surface area contributed by atoms with Gasteiger partial charge in [0, 0.05) is 66.5 Å². The first-order valence-corrected chi connectivity index (χ1v) is 37.3. The van der Waals surface area contributed by atoms with Gasteiger partial charge in [0.05, 0.1) is 44.7 Å². The SMILES string of the molecule is CC(C)COc1ccc(-c2nc(-c3cc(CCC(=O)C4(C(C)(F)F)CC4)ccc3Cl)[nH]c(=O)n2)cc1.C[C@@H](Oc1ccc(-c2nc(-c3cc(CCC(=O)C(C)(C)C(F)(F)F)ccc3Cl)[nH]c(=O)n2)cc1)C1CC1.C[C@H](Oc1ccc(-c2nc(-c3cc(CCC(=O)C(C)(C)C(C)(F)F)ccc3Cl)[nH]c(=O)n2)cc1)C1CC1. The Morgan fingerprint density at radius 1 is 0.464 bits per heavy atom. The van der Waals surface area contributed by atoms with Gasteiger partial charge in [-0.25, -0.2) is 46.9 Å². The molecular formula is C82H85Cl3F7N9O9. The summed E-state index contributed by atoms with van der Waals surface area (Å²) in [6.45, 7) is 14.6. The highest BCUT2D eigenvalue weighted by molar-refractivity contribution is 6.34. The average Bonchev–Trinajstić information content (AvgIpc) is 1.58. The number of nitrogens with one attached hydrogen (secondary N) is 3. The van der Waals surface area contributed by atoms with Crippen molar-refractivity contribution in [1.82, 2.24) is 44.9 Å². The van der Waals surface area contributed by atoms with E-state index in [0.717, 1.165) is 39.0 Å². The second-order valence-electron chi connectivity index (χ2n) is 29.9. The number of halogens is 10. The van der Waals surface area contributed by atoms with Crippen LogP contribution in [0.25, 0.3) is 68.3 Å². The number of aryl methyl sites for hydroxylation is 3. The van der Waals surface area contributed by atoms with Crippen LogP contribution in [0.2, 0.25) is 15.1 Å². The van der Waals surface area contributed by atoms with Crippen LogP contribution in [0.15, 0.2) is 142 Å². The molecule has 3 aliphatic rings. The molecule has 18 nitrogen and oxygen atoms in total. The van der Waals surface area contributed by atoms with E-state index in [1.165, 1.54) is 39.5 Å². The van der Waals surface area contributed by atoms with Gasteiger partial charge >= 0.3 is 23.2 Å². The highest BCUT2D eigenvalue weighted by Gasteiger charge is 2.63. The molecule has 6 aromatic carbocycles. The van der Waals surface area contributed by atoms with Gasteiger partial charge in [-0.15, -0.1) is 0 Å². The zero-order valence-electron chi connectivity index (χ0n) is 62.3. The highest BCUT2D eigenvalue weighted by atomic mass is 35.5. The van der Waals surface area contributed by atoms with E-state index >= 15 is 0 Å². The number of aromatic amines is 3. The number of benzene rings is 6. The molecule has 0 radical (unpaired) electrons. The minimum absolute atomic E-state index is 0.00126. The Morgan fingerprint density at radius 3 is 1.09 bits per heavy atom. The Bertz CT molecular complexity index is 4790. The molecule has 3 aromatic heterocycles. The Hall–Kier alpha value is -9.46. The van der Waals surface area contributed by atoms with Crippen molar-refractivity contribution in [2.45, 2.75) is 177 Å². The lowest BCUT2D eigenvalue weighted by Crippen LogP contribution is -2.40. The number of aromatic nitrogens is 9. The van der Waals surface area contributed by atoms with E-state index in [-0.39, 0.29) is 104 Å². The lowest BCUT2D eigenvalue weighted by Gasteiger charge is -2.29. The monoisotopic (exact) mass is 1580 g/mol. The molecule has 0 unspecified atom stereocenters. The van der Waals surface area contributed by atoms with Crippen molar-refractivity contribution < 1.29 is 59.3 Å². The average molecular weight is 1580 g/mol. The molecule has 2 atom stereocenters. The summed E-state index contributed by atoms with van der Waals surface area (Å²) < 4.78 is 113. The number of ketones is 3. The fraction of sp³-hybridized carbons (Fsp3) is 0.415. The van der Waals surface area contributed by atoms with Crippen LogP contribution in [0.5, 0.6) is 17.2 Å². The Kier molecular flexibility index (Phi) is 25.7.